The van der Waals surface area contributed by atoms with Crippen molar-refractivity contribution < 1.29 is 9.59 Å². The smallest absolute Gasteiger partial charge is 0.251 e. The maximum absolute atomic E-state index is 12.7. The van der Waals surface area contributed by atoms with Crippen molar-refractivity contribution in [1.82, 2.24) is 15.6 Å². The molecule has 3 N–H and O–H groups in total. The molecule has 6 nitrogen and oxygen atoms in total. The average molecular weight is 364 g/mol. The molecular weight excluding hydrogens is 340 g/mol. The Kier molecular flexibility index (Phi) is 4.85. The van der Waals surface area contributed by atoms with E-state index < -0.39 is 6.04 Å². The number of carbonyl (C=O) groups is 2. The van der Waals surface area contributed by atoms with E-state index >= 15 is 0 Å². The van der Waals surface area contributed by atoms with Crippen LogP contribution in [0.5, 0.6) is 0 Å². The van der Waals surface area contributed by atoms with Crippen molar-refractivity contribution in [3.05, 3.63) is 36.0 Å². The van der Waals surface area contributed by atoms with Crippen LogP contribution in [0.2, 0.25) is 0 Å². The Hall–Kier alpha value is -2.81. The van der Waals surface area contributed by atoms with E-state index in [9.17, 15) is 14.9 Å². The van der Waals surface area contributed by atoms with Crippen molar-refractivity contribution in [2.24, 2.45) is 11.8 Å². The Morgan fingerprint density at radius 1 is 1.15 bits per heavy atom. The van der Waals surface area contributed by atoms with Gasteiger partial charge in [0, 0.05) is 23.3 Å². The molecule has 3 atom stereocenters. The highest BCUT2D eigenvalue weighted by molar-refractivity contribution is 5.98. The van der Waals surface area contributed by atoms with Crippen LogP contribution >= 0.6 is 0 Å². The summed E-state index contributed by atoms with van der Waals surface area (Å²) in [6.45, 7) is 0. The molecule has 2 aliphatic carbocycles. The third-order valence-corrected chi connectivity index (χ3v) is 5.77. The average Bonchev–Trinajstić information content (AvgIpc) is 3.42. The summed E-state index contributed by atoms with van der Waals surface area (Å²) >= 11 is 0. The van der Waals surface area contributed by atoms with E-state index in [1.807, 2.05) is 30.5 Å². The number of nitrogens with zero attached hydrogens (tertiary/aromatic N) is 1. The van der Waals surface area contributed by atoms with Gasteiger partial charge in [0.1, 0.15) is 6.04 Å². The molecule has 0 saturated heterocycles. The monoisotopic (exact) mass is 364 g/mol. The van der Waals surface area contributed by atoms with E-state index in [2.05, 4.69) is 21.7 Å². The molecule has 1 aromatic heterocycles. The first kappa shape index (κ1) is 17.6. The summed E-state index contributed by atoms with van der Waals surface area (Å²) in [6.07, 6.45) is 7.35. The van der Waals surface area contributed by atoms with E-state index in [0.29, 0.717) is 11.5 Å². The van der Waals surface area contributed by atoms with Gasteiger partial charge in [0.05, 0.1) is 12.0 Å². The minimum atomic E-state index is -0.397. The van der Waals surface area contributed by atoms with Crippen LogP contribution in [0.25, 0.3) is 10.9 Å². The zero-order chi connectivity index (χ0) is 18.8. The molecule has 4 rings (SSSR count). The molecule has 0 radical (unpaired) electrons. The van der Waals surface area contributed by atoms with Gasteiger partial charge in [0.15, 0.2) is 0 Å². The molecule has 27 heavy (non-hydrogen) atoms. The van der Waals surface area contributed by atoms with Crippen LogP contribution in [-0.4, -0.2) is 28.9 Å². The van der Waals surface area contributed by atoms with Gasteiger partial charge >= 0.3 is 0 Å². The molecule has 0 bridgehead atoms. The Morgan fingerprint density at radius 2 is 1.96 bits per heavy atom. The van der Waals surface area contributed by atoms with Gasteiger partial charge in [-0.05, 0) is 55.2 Å². The number of nitriles is 1. The molecule has 140 valence electrons. The third kappa shape index (κ3) is 3.82. The Balaban J connectivity index is 1.44. The van der Waals surface area contributed by atoms with E-state index in [1.165, 1.54) is 0 Å². The maximum atomic E-state index is 12.7. The summed E-state index contributed by atoms with van der Waals surface area (Å²) in [4.78, 5) is 28.6. The summed E-state index contributed by atoms with van der Waals surface area (Å²) in [6, 6.07) is 9.14. The molecule has 2 aromatic rings. The van der Waals surface area contributed by atoms with E-state index in [4.69, 9.17) is 0 Å². The van der Waals surface area contributed by atoms with Crippen molar-refractivity contribution in [3.8, 4) is 6.07 Å². The lowest BCUT2D eigenvalue weighted by molar-refractivity contribution is -0.127. The van der Waals surface area contributed by atoms with Crippen molar-refractivity contribution in [1.29, 1.82) is 5.26 Å². The number of aromatic amines is 1. The van der Waals surface area contributed by atoms with Crippen molar-refractivity contribution >= 4 is 22.7 Å². The molecular formula is C21H24N4O2. The molecule has 2 aliphatic rings. The fourth-order valence-corrected chi connectivity index (χ4v) is 4.00. The number of rotatable bonds is 5. The molecule has 2 fully saturated rings. The fraction of sp³-hybridized carbons (Fsp3) is 0.476. The second kappa shape index (κ2) is 7.43. The first-order valence-electron chi connectivity index (χ1n) is 9.73. The van der Waals surface area contributed by atoms with Gasteiger partial charge < -0.3 is 15.6 Å². The molecule has 1 unspecified atom stereocenters. The topological polar surface area (TPSA) is 97.8 Å². The number of carbonyl (C=O) groups excluding carboxylic acids is 2. The van der Waals surface area contributed by atoms with E-state index in [-0.39, 0.29) is 23.8 Å². The van der Waals surface area contributed by atoms with Crippen molar-refractivity contribution in [2.45, 2.75) is 50.6 Å². The standard InChI is InChI=1S/C21H24N4O2/c22-12-19(13-5-6-13)25-21(27)16-3-1-2-4-17(16)24-20(26)15-8-7-14-9-10-23-18(14)11-15/h7-11,13,16-17,19,23H,1-6H2,(H,24,26)(H,25,27)/t16-,17?,19-/m1/s1. The highest BCUT2D eigenvalue weighted by atomic mass is 16.2. The van der Waals surface area contributed by atoms with Gasteiger partial charge in [-0.25, -0.2) is 0 Å². The summed E-state index contributed by atoms with van der Waals surface area (Å²) < 4.78 is 0. The Bertz CT molecular complexity index is 893. The van der Waals surface area contributed by atoms with Gasteiger partial charge in [-0.2, -0.15) is 5.26 Å². The normalized spacial score (nSPS) is 23.4. The van der Waals surface area contributed by atoms with Gasteiger partial charge in [-0.1, -0.05) is 18.9 Å². The largest absolute Gasteiger partial charge is 0.361 e. The minimum Gasteiger partial charge on any atom is -0.361 e. The predicted molar refractivity (Wildman–Crippen MR) is 102 cm³/mol. The summed E-state index contributed by atoms with van der Waals surface area (Å²) in [5.41, 5.74) is 1.50. The first-order chi connectivity index (χ1) is 13.2. The lowest BCUT2D eigenvalue weighted by Gasteiger charge is -2.31. The number of hydrogen-bond acceptors (Lipinski definition) is 3. The highest BCUT2D eigenvalue weighted by Gasteiger charge is 2.37. The number of hydrogen-bond donors (Lipinski definition) is 3. The van der Waals surface area contributed by atoms with Crippen LogP contribution in [-0.2, 0) is 4.79 Å². The quantitative estimate of drug-likeness (QED) is 0.761. The SMILES string of the molecule is N#C[C@@H](NC(=O)[C@@H]1CCCCC1NC(=O)c1ccc2cc[nH]c2c1)C1CC1. The zero-order valence-electron chi connectivity index (χ0n) is 15.2. The van der Waals surface area contributed by atoms with Crippen molar-refractivity contribution in [3.63, 3.8) is 0 Å². The van der Waals surface area contributed by atoms with Crippen LogP contribution in [0.1, 0.15) is 48.9 Å². The number of nitrogens with one attached hydrogen (secondary N) is 3. The minimum absolute atomic E-state index is 0.0988. The van der Waals surface area contributed by atoms with Crippen LogP contribution in [0.15, 0.2) is 30.5 Å². The predicted octanol–water partition coefficient (Wildman–Crippen LogP) is 2.87. The number of fused-ring (bicyclic) bond motifs is 1. The Labute approximate surface area is 158 Å². The van der Waals surface area contributed by atoms with E-state index in [1.54, 1.807) is 0 Å². The first-order valence-corrected chi connectivity index (χ1v) is 9.73. The molecule has 1 aromatic carbocycles. The number of amides is 2. The lowest BCUT2D eigenvalue weighted by atomic mass is 9.83. The molecule has 0 aliphatic heterocycles. The van der Waals surface area contributed by atoms with Crippen LogP contribution < -0.4 is 10.6 Å². The molecule has 1 heterocycles. The maximum Gasteiger partial charge on any atom is 0.251 e. The summed E-state index contributed by atoms with van der Waals surface area (Å²) in [7, 11) is 0. The van der Waals surface area contributed by atoms with Gasteiger partial charge in [-0.15, -0.1) is 0 Å². The molecule has 2 amide bonds. The zero-order valence-corrected chi connectivity index (χ0v) is 15.2. The van der Waals surface area contributed by atoms with Gasteiger partial charge in [-0.3, -0.25) is 9.59 Å². The highest BCUT2D eigenvalue weighted by Crippen LogP contribution is 2.33. The van der Waals surface area contributed by atoms with Gasteiger partial charge in [0.25, 0.3) is 5.91 Å². The van der Waals surface area contributed by atoms with Gasteiger partial charge in [0.2, 0.25) is 5.91 Å². The van der Waals surface area contributed by atoms with Crippen LogP contribution in [0.4, 0.5) is 0 Å². The Morgan fingerprint density at radius 3 is 2.74 bits per heavy atom. The summed E-state index contributed by atoms with van der Waals surface area (Å²) in [5, 5.41) is 16.3. The second-order valence-corrected chi connectivity index (χ2v) is 7.70. The van der Waals surface area contributed by atoms with Crippen LogP contribution in [0, 0.1) is 23.2 Å². The number of H-pyrrole nitrogens is 1. The fourth-order valence-electron chi connectivity index (χ4n) is 4.00. The second-order valence-electron chi connectivity index (χ2n) is 7.70. The lowest BCUT2D eigenvalue weighted by Crippen LogP contribution is -2.50. The number of benzene rings is 1. The molecule has 6 heteroatoms. The third-order valence-electron chi connectivity index (χ3n) is 5.77. The number of aromatic nitrogens is 1. The van der Waals surface area contributed by atoms with Crippen molar-refractivity contribution in [2.75, 3.05) is 0 Å². The van der Waals surface area contributed by atoms with E-state index in [0.717, 1.165) is 49.4 Å². The van der Waals surface area contributed by atoms with Crippen LogP contribution in [0.3, 0.4) is 0 Å². The molecule has 2 saturated carbocycles. The molecule has 0 spiro atoms. The summed E-state index contributed by atoms with van der Waals surface area (Å²) in [5.74, 6) is -0.233.